The second kappa shape index (κ2) is 10.9. The predicted octanol–water partition coefficient (Wildman–Crippen LogP) is 4.83. The Labute approximate surface area is 208 Å². The zero-order valence-electron chi connectivity index (χ0n) is 19.5. The van der Waals surface area contributed by atoms with Crippen LogP contribution in [0.15, 0.2) is 65.3 Å². The van der Waals surface area contributed by atoms with Crippen molar-refractivity contribution in [1.29, 1.82) is 0 Å². The molecule has 1 amide bonds. The molecule has 8 nitrogen and oxygen atoms in total. The summed E-state index contributed by atoms with van der Waals surface area (Å²) in [4.78, 5) is 19.5. The molecule has 0 fully saturated rings. The van der Waals surface area contributed by atoms with Crippen LogP contribution in [0.2, 0.25) is 0 Å². The molecule has 0 bridgehead atoms. The number of carbonyl (C=O) groups is 1. The number of amides is 1. The van der Waals surface area contributed by atoms with Crippen LogP contribution in [-0.4, -0.2) is 39.3 Å². The fourth-order valence-electron chi connectivity index (χ4n) is 3.69. The molecule has 0 N–H and O–H groups in total. The number of hydrogen-bond acceptors (Lipinski definition) is 8. The van der Waals surface area contributed by atoms with Gasteiger partial charge in [0, 0.05) is 6.42 Å². The maximum Gasteiger partial charge on any atom is 0.229 e. The van der Waals surface area contributed by atoms with Gasteiger partial charge >= 0.3 is 0 Å². The summed E-state index contributed by atoms with van der Waals surface area (Å²) in [7, 11) is -0.215. The molecule has 0 aliphatic heterocycles. The molecule has 0 saturated carbocycles. The van der Waals surface area contributed by atoms with E-state index in [0.29, 0.717) is 27.9 Å². The summed E-state index contributed by atoms with van der Waals surface area (Å²) in [6, 6.07) is 16.1. The lowest BCUT2D eigenvalue weighted by Crippen LogP contribution is -2.30. The quantitative estimate of drug-likeness (QED) is 0.283. The number of furan rings is 1. The van der Waals surface area contributed by atoms with Crippen molar-refractivity contribution in [2.45, 2.75) is 25.1 Å². The van der Waals surface area contributed by atoms with E-state index in [2.05, 4.69) is 4.98 Å². The fourth-order valence-corrected chi connectivity index (χ4v) is 6.21. The first-order valence-electron chi connectivity index (χ1n) is 11.0. The zero-order valence-corrected chi connectivity index (χ0v) is 21.1. The van der Waals surface area contributed by atoms with Gasteiger partial charge in [-0.3, -0.25) is 9.69 Å². The van der Waals surface area contributed by atoms with Gasteiger partial charge in [0.2, 0.25) is 5.91 Å². The van der Waals surface area contributed by atoms with Gasteiger partial charge in [0.05, 0.1) is 38.5 Å². The molecule has 10 heteroatoms. The van der Waals surface area contributed by atoms with Crippen LogP contribution in [0.25, 0.3) is 10.2 Å². The minimum absolute atomic E-state index is 0.0460. The monoisotopic (exact) mass is 514 g/mol. The van der Waals surface area contributed by atoms with E-state index >= 15 is 0 Å². The number of fused-ring (bicyclic) bond motifs is 1. The summed E-state index contributed by atoms with van der Waals surface area (Å²) in [6.45, 7) is 0.174. The fraction of sp³-hybridized carbons (Fsp3) is 0.280. The van der Waals surface area contributed by atoms with Crippen LogP contribution in [0.4, 0.5) is 5.13 Å². The molecule has 2 aromatic heterocycles. The van der Waals surface area contributed by atoms with E-state index in [-0.39, 0.29) is 36.8 Å². The minimum atomic E-state index is -3.34. The number of methoxy groups -OCH3 is 2. The highest BCUT2D eigenvalue weighted by atomic mass is 32.2. The predicted molar refractivity (Wildman–Crippen MR) is 136 cm³/mol. The van der Waals surface area contributed by atoms with Crippen molar-refractivity contribution < 1.29 is 27.1 Å². The normalized spacial score (nSPS) is 11.5. The molecule has 0 aliphatic rings. The molecule has 184 valence electrons. The van der Waals surface area contributed by atoms with Crippen molar-refractivity contribution in [3.05, 3.63) is 72.2 Å². The van der Waals surface area contributed by atoms with Gasteiger partial charge in [-0.15, -0.1) is 0 Å². The van der Waals surface area contributed by atoms with E-state index in [1.807, 2.05) is 18.2 Å². The summed E-state index contributed by atoms with van der Waals surface area (Å²) < 4.78 is 42.2. The lowest BCUT2D eigenvalue weighted by Gasteiger charge is -2.18. The highest BCUT2D eigenvalue weighted by Gasteiger charge is 2.24. The maximum absolute atomic E-state index is 13.3. The molecule has 4 aromatic rings. The number of ether oxygens (including phenoxy) is 2. The number of sulfone groups is 1. The Morgan fingerprint density at radius 1 is 1.03 bits per heavy atom. The molecule has 0 radical (unpaired) electrons. The molecule has 0 unspecified atom stereocenters. The molecule has 35 heavy (non-hydrogen) atoms. The summed E-state index contributed by atoms with van der Waals surface area (Å²) in [6.07, 6.45) is 1.80. The number of benzene rings is 2. The second-order valence-corrected chi connectivity index (χ2v) is 11.0. The number of hydrogen-bond donors (Lipinski definition) is 0. The average molecular weight is 515 g/mol. The van der Waals surface area contributed by atoms with Crippen molar-refractivity contribution in [1.82, 2.24) is 4.98 Å². The van der Waals surface area contributed by atoms with E-state index < -0.39 is 9.84 Å². The third kappa shape index (κ3) is 6.01. The Morgan fingerprint density at radius 3 is 2.46 bits per heavy atom. The first kappa shape index (κ1) is 24.7. The van der Waals surface area contributed by atoms with Crippen LogP contribution in [0.1, 0.15) is 24.2 Å². The highest BCUT2D eigenvalue weighted by Crippen LogP contribution is 2.40. The topological polar surface area (TPSA) is 98.9 Å². The lowest BCUT2D eigenvalue weighted by molar-refractivity contribution is -0.118. The van der Waals surface area contributed by atoms with Gasteiger partial charge in [0.1, 0.15) is 27.5 Å². The molecule has 0 aliphatic carbocycles. The van der Waals surface area contributed by atoms with Crippen LogP contribution < -0.4 is 14.4 Å². The van der Waals surface area contributed by atoms with E-state index in [9.17, 15) is 13.2 Å². The van der Waals surface area contributed by atoms with Crippen molar-refractivity contribution in [2.75, 3.05) is 24.9 Å². The Bertz CT molecular complexity index is 1340. The van der Waals surface area contributed by atoms with E-state index in [1.54, 1.807) is 56.9 Å². The maximum atomic E-state index is 13.3. The van der Waals surface area contributed by atoms with Crippen LogP contribution in [-0.2, 0) is 26.9 Å². The van der Waals surface area contributed by atoms with E-state index in [4.69, 9.17) is 13.9 Å². The molecule has 0 spiro atoms. The highest BCUT2D eigenvalue weighted by molar-refractivity contribution is 7.90. The number of anilines is 1. The lowest BCUT2D eigenvalue weighted by atomic mass is 10.2. The average Bonchev–Trinajstić information content (AvgIpc) is 3.52. The number of nitrogens with zero attached hydrogens (tertiary/aromatic N) is 2. The van der Waals surface area contributed by atoms with Gasteiger partial charge in [-0.25, -0.2) is 13.4 Å². The van der Waals surface area contributed by atoms with E-state index in [0.717, 1.165) is 10.3 Å². The molecule has 4 rings (SSSR count). The van der Waals surface area contributed by atoms with Crippen molar-refractivity contribution in [3.8, 4) is 11.5 Å². The number of rotatable bonds is 11. The van der Waals surface area contributed by atoms with Gasteiger partial charge in [0.25, 0.3) is 0 Å². The van der Waals surface area contributed by atoms with Crippen molar-refractivity contribution in [3.63, 3.8) is 0 Å². The van der Waals surface area contributed by atoms with Gasteiger partial charge in [-0.2, -0.15) is 0 Å². The van der Waals surface area contributed by atoms with Gasteiger partial charge in [0.15, 0.2) is 15.0 Å². The Hall–Kier alpha value is -3.37. The standard InChI is InChI=1S/C25H26N2O6S2/c1-31-20-12-13-21(32-2)24-23(20)26-25(34-24)27(16-19-10-6-14-33-19)22(28)11-7-15-35(29,30)17-18-8-4-3-5-9-18/h3-6,8-10,12-14H,7,11,15-17H2,1-2H3. The number of thiazole rings is 1. The number of aromatic nitrogens is 1. The zero-order chi connectivity index (χ0) is 24.8. The van der Waals surface area contributed by atoms with Crippen LogP contribution in [0.5, 0.6) is 11.5 Å². The summed E-state index contributed by atoms with van der Waals surface area (Å²) in [5, 5.41) is 0.455. The molecule has 0 saturated heterocycles. The summed E-state index contributed by atoms with van der Waals surface area (Å²) >= 11 is 1.31. The summed E-state index contributed by atoms with van der Waals surface area (Å²) in [5.74, 6) is 1.42. The van der Waals surface area contributed by atoms with E-state index in [1.165, 1.54) is 16.2 Å². The van der Waals surface area contributed by atoms with Gasteiger partial charge in [-0.1, -0.05) is 41.7 Å². The van der Waals surface area contributed by atoms with Crippen LogP contribution in [0.3, 0.4) is 0 Å². The Balaban J connectivity index is 1.53. The van der Waals surface area contributed by atoms with Gasteiger partial charge in [-0.05, 0) is 36.2 Å². The van der Waals surface area contributed by atoms with Crippen molar-refractivity contribution >= 4 is 42.4 Å². The smallest absolute Gasteiger partial charge is 0.229 e. The minimum Gasteiger partial charge on any atom is -0.495 e. The first-order chi connectivity index (χ1) is 16.9. The van der Waals surface area contributed by atoms with Crippen LogP contribution in [0, 0.1) is 0 Å². The Kier molecular flexibility index (Phi) is 7.72. The Morgan fingerprint density at radius 2 is 1.77 bits per heavy atom. The van der Waals surface area contributed by atoms with Crippen LogP contribution >= 0.6 is 11.3 Å². The number of carbonyl (C=O) groups excluding carboxylic acids is 1. The first-order valence-corrected chi connectivity index (χ1v) is 13.6. The third-order valence-electron chi connectivity index (χ3n) is 5.40. The summed E-state index contributed by atoms with van der Waals surface area (Å²) in [5.41, 5.74) is 1.32. The second-order valence-electron chi connectivity index (χ2n) is 7.88. The molecular formula is C25H26N2O6S2. The van der Waals surface area contributed by atoms with Crippen molar-refractivity contribution in [2.24, 2.45) is 0 Å². The molecule has 0 atom stereocenters. The molecular weight excluding hydrogens is 488 g/mol. The SMILES string of the molecule is COc1ccc(OC)c2sc(N(Cc3ccco3)C(=O)CCCS(=O)(=O)Cc3ccccc3)nc12. The molecule has 2 heterocycles. The third-order valence-corrected chi connectivity index (χ3v) is 8.18. The largest absolute Gasteiger partial charge is 0.495 e. The van der Waals surface area contributed by atoms with Gasteiger partial charge < -0.3 is 13.9 Å². The molecule has 2 aromatic carbocycles.